The van der Waals surface area contributed by atoms with Crippen molar-refractivity contribution >= 4 is 41.0 Å². The van der Waals surface area contributed by atoms with Crippen LogP contribution in [0.5, 0.6) is 0 Å². The summed E-state index contributed by atoms with van der Waals surface area (Å²) in [5.74, 6) is -0.206. The number of carbonyl (C=O) groups is 2. The number of fused-ring (bicyclic) bond motifs is 1. The summed E-state index contributed by atoms with van der Waals surface area (Å²) in [5, 5.41) is 0.0306. The molecule has 2 atom stereocenters. The first-order valence-corrected chi connectivity index (χ1v) is 8.78. The van der Waals surface area contributed by atoms with E-state index in [9.17, 15) is 14.0 Å². The minimum Gasteiger partial charge on any atom is -0.295 e. The van der Waals surface area contributed by atoms with Gasteiger partial charge in [0.05, 0.1) is 5.69 Å². The topological polar surface area (TPSA) is 40.6 Å². The van der Waals surface area contributed by atoms with Crippen molar-refractivity contribution in [1.29, 1.82) is 0 Å². The summed E-state index contributed by atoms with van der Waals surface area (Å²) < 4.78 is 14.1. The van der Waals surface area contributed by atoms with Crippen LogP contribution in [0.2, 0.25) is 5.02 Å². The van der Waals surface area contributed by atoms with Crippen molar-refractivity contribution in [2.24, 2.45) is 0 Å². The lowest BCUT2D eigenvalue weighted by Gasteiger charge is -2.23. The number of thioether (sulfide) groups is 1. The Morgan fingerprint density at radius 3 is 2.50 bits per heavy atom. The Bertz CT molecular complexity index is 830. The zero-order valence-electron chi connectivity index (χ0n) is 12.4. The first-order chi connectivity index (χ1) is 11.6. The average molecular weight is 363 g/mol. The normalized spacial score (nSPS) is 23.1. The number of nitrogens with zero attached hydrogens (tertiary/aromatic N) is 2. The molecule has 0 radical (unpaired) electrons. The number of imide groups is 1. The summed E-state index contributed by atoms with van der Waals surface area (Å²) in [6, 6.07) is 11.9. The maximum absolute atomic E-state index is 14.1. The second kappa shape index (κ2) is 5.79. The van der Waals surface area contributed by atoms with E-state index in [0.29, 0.717) is 22.0 Å². The van der Waals surface area contributed by atoms with Crippen LogP contribution in [0.25, 0.3) is 0 Å². The third kappa shape index (κ3) is 2.29. The third-order valence-corrected chi connectivity index (χ3v) is 5.73. The number of carbonyl (C=O) groups excluding carboxylic acids is 2. The molecule has 0 unspecified atom stereocenters. The summed E-state index contributed by atoms with van der Waals surface area (Å²) >= 11 is 7.27. The van der Waals surface area contributed by atoms with Gasteiger partial charge in [0.15, 0.2) is 0 Å². The van der Waals surface area contributed by atoms with Crippen LogP contribution in [0, 0.1) is 5.82 Å². The van der Waals surface area contributed by atoms with Crippen LogP contribution in [0.4, 0.5) is 14.9 Å². The van der Waals surface area contributed by atoms with Crippen molar-refractivity contribution in [3.8, 4) is 0 Å². The first-order valence-electron chi connectivity index (χ1n) is 7.36. The van der Waals surface area contributed by atoms with E-state index in [4.69, 9.17) is 11.6 Å². The molecule has 2 heterocycles. The largest absolute Gasteiger partial charge is 0.333 e. The van der Waals surface area contributed by atoms with E-state index in [1.807, 2.05) is 0 Å². The number of hydrogen-bond donors (Lipinski definition) is 0. The van der Waals surface area contributed by atoms with E-state index in [0.717, 1.165) is 4.90 Å². The van der Waals surface area contributed by atoms with Gasteiger partial charge in [0.2, 0.25) is 0 Å². The van der Waals surface area contributed by atoms with Crippen LogP contribution in [0.15, 0.2) is 48.5 Å². The summed E-state index contributed by atoms with van der Waals surface area (Å²) in [4.78, 5) is 28.1. The van der Waals surface area contributed by atoms with Gasteiger partial charge in [0, 0.05) is 16.3 Å². The molecule has 0 bridgehead atoms. The SMILES string of the molecule is O=C1[C@@H]2CS[C@@H](c3ccccc3F)N2C(=O)N1c1ccc(Cl)cc1. The van der Waals surface area contributed by atoms with E-state index in [1.54, 1.807) is 42.5 Å². The van der Waals surface area contributed by atoms with Gasteiger partial charge in [0.25, 0.3) is 5.91 Å². The van der Waals surface area contributed by atoms with Gasteiger partial charge >= 0.3 is 6.03 Å². The van der Waals surface area contributed by atoms with Gasteiger partial charge < -0.3 is 0 Å². The number of benzene rings is 2. The molecule has 0 aromatic heterocycles. The predicted molar refractivity (Wildman–Crippen MR) is 91.6 cm³/mol. The minimum absolute atomic E-state index is 0.284. The molecule has 4 nitrogen and oxygen atoms in total. The molecule has 2 aromatic carbocycles. The fourth-order valence-corrected chi connectivity index (χ4v) is 4.59. The lowest BCUT2D eigenvalue weighted by atomic mass is 10.2. The molecule has 0 saturated carbocycles. The molecule has 3 amide bonds. The summed E-state index contributed by atoms with van der Waals surface area (Å²) in [7, 11) is 0. The molecule has 7 heteroatoms. The Balaban J connectivity index is 1.70. The molecule has 2 fully saturated rings. The van der Waals surface area contributed by atoms with E-state index in [-0.39, 0.29) is 11.7 Å². The van der Waals surface area contributed by atoms with E-state index in [2.05, 4.69) is 0 Å². The highest BCUT2D eigenvalue weighted by Gasteiger charge is 2.53. The highest BCUT2D eigenvalue weighted by molar-refractivity contribution is 7.99. The van der Waals surface area contributed by atoms with Crippen LogP contribution in [-0.2, 0) is 4.79 Å². The molecule has 0 spiro atoms. The number of hydrogen-bond acceptors (Lipinski definition) is 3. The molecule has 2 aliphatic heterocycles. The van der Waals surface area contributed by atoms with Gasteiger partial charge in [-0.15, -0.1) is 11.8 Å². The van der Waals surface area contributed by atoms with Crippen molar-refractivity contribution in [3.05, 3.63) is 64.9 Å². The number of anilines is 1. The summed E-state index contributed by atoms with van der Waals surface area (Å²) in [6.45, 7) is 0. The monoisotopic (exact) mass is 362 g/mol. The van der Waals surface area contributed by atoms with Crippen LogP contribution >= 0.6 is 23.4 Å². The van der Waals surface area contributed by atoms with Gasteiger partial charge in [-0.05, 0) is 30.3 Å². The van der Waals surface area contributed by atoms with Gasteiger partial charge in [-0.25, -0.2) is 14.1 Å². The van der Waals surface area contributed by atoms with Crippen molar-refractivity contribution in [1.82, 2.24) is 4.90 Å². The lowest BCUT2D eigenvalue weighted by Crippen LogP contribution is -2.34. The number of urea groups is 1. The molecular weight excluding hydrogens is 351 g/mol. The second-order valence-electron chi connectivity index (χ2n) is 5.56. The Morgan fingerprint density at radius 2 is 1.79 bits per heavy atom. The van der Waals surface area contributed by atoms with E-state index < -0.39 is 17.4 Å². The van der Waals surface area contributed by atoms with Crippen molar-refractivity contribution in [3.63, 3.8) is 0 Å². The molecule has 2 aromatic rings. The first kappa shape index (κ1) is 15.5. The Labute approximate surface area is 147 Å². The quantitative estimate of drug-likeness (QED) is 0.756. The number of rotatable bonds is 2. The standard InChI is InChI=1S/C17H12ClFN2O2S/c18-10-5-7-11(8-6-10)20-15(22)14-9-24-16(21(14)17(20)23)12-3-1-2-4-13(12)19/h1-8,14,16H,9H2/t14-,16-/m0/s1. The van der Waals surface area contributed by atoms with E-state index in [1.165, 1.54) is 22.7 Å². The smallest absolute Gasteiger partial charge is 0.295 e. The number of amides is 3. The predicted octanol–water partition coefficient (Wildman–Crippen LogP) is 4.06. The van der Waals surface area contributed by atoms with Gasteiger partial charge in [-0.2, -0.15) is 0 Å². The molecule has 24 heavy (non-hydrogen) atoms. The van der Waals surface area contributed by atoms with E-state index >= 15 is 0 Å². The van der Waals surface area contributed by atoms with Crippen molar-refractivity contribution in [2.75, 3.05) is 10.7 Å². The third-order valence-electron chi connectivity index (χ3n) is 4.17. The maximum atomic E-state index is 14.1. The Kier molecular flexibility index (Phi) is 3.73. The highest BCUT2D eigenvalue weighted by atomic mass is 35.5. The fraction of sp³-hybridized carbons (Fsp3) is 0.176. The zero-order valence-corrected chi connectivity index (χ0v) is 13.9. The molecule has 122 valence electrons. The van der Waals surface area contributed by atoms with Gasteiger partial charge in [-0.1, -0.05) is 29.8 Å². The maximum Gasteiger partial charge on any atom is 0.333 e. The average Bonchev–Trinajstić information content (AvgIpc) is 3.10. The Morgan fingerprint density at radius 1 is 1.08 bits per heavy atom. The fourth-order valence-electron chi connectivity index (χ4n) is 3.03. The molecule has 4 rings (SSSR count). The van der Waals surface area contributed by atoms with Crippen LogP contribution in [-0.4, -0.2) is 28.6 Å². The summed E-state index contributed by atoms with van der Waals surface area (Å²) in [6.07, 6.45) is 0. The van der Waals surface area contributed by atoms with Crippen LogP contribution < -0.4 is 4.90 Å². The number of halogens is 2. The van der Waals surface area contributed by atoms with Crippen molar-refractivity contribution in [2.45, 2.75) is 11.4 Å². The minimum atomic E-state index is -0.567. The lowest BCUT2D eigenvalue weighted by molar-refractivity contribution is -0.119. The van der Waals surface area contributed by atoms with Crippen molar-refractivity contribution < 1.29 is 14.0 Å². The Hall–Kier alpha value is -2.05. The molecule has 0 aliphatic carbocycles. The second-order valence-corrected chi connectivity index (χ2v) is 7.11. The molecular formula is C17H12ClFN2O2S. The van der Waals surface area contributed by atoms with Gasteiger partial charge in [-0.3, -0.25) is 9.69 Å². The van der Waals surface area contributed by atoms with Crippen LogP contribution in [0.3, 0.4) is 0 Å². The van der Waals surface area contributed by atoms with Gasteiger partial charge in [0.1, 0.15) is 17.2 Å². The molecule has 2 saturated heterocycles. The highest BCUT2D eigenvalue weighted by Crippen LogP contribution is 2.46. The van der Waals surface area contributed by atoms with Crippen LogP contribution in [0.1, 0.15) is 10.9 Å². The zero-order chi connectivity index (χ0) is 16.8. The summed E-state index contributed by atoms with van der Waals surface area (Å²) in [5.41, 5.74) is 0.894. The molecule has 0 N–H and O–H groups in total. The molecule has 2 aliphatic rings.